The maximum absolute atomic E-state index is 12.3. The van der Waals surface area contributed by atoms with E-state index in [4.69, 9.17) is 4.74 Å². The van der Waals surface area contributed by atoms with Crippen molar-refractivity contribution in [3.63, 3.8) is 0 Å². The van der Waals surface area contributed by atoms with Gasteiger partial charge in [0.25, 0.3) is 0 Å². The minimum Gasteiger partial charge on any atom is -0.496 e. The third kappa shape index (κ3) is 4.15. The molecule has 5 heteroatoms. The van der Waals surface area contributed by atoms with E-state index in [0.717, 1.165) is 5.56 Å². The number of nitrogens with one attached hydrogen (secondary N) is 1. The molecule has 0 bridgehead atoms. The Morgan fingerprint density at radius 3 is 2.68 bits per heavy atom. The van der Waals surface area contributed by atoms with Crippen molar-refractivity contribution in [2.45, 2.75) is 19.8 Å². The predicted molar refractivity (Wildman–Crippen MR) is 84.2 cm³/mol. The van der Waals surface area contributed by atoms with Crippen LogP contribution in [-0.4, -0.2) is 23.8 Å². The number of carbonyl (C=O) groups excluding carboxylic acids is 2. The number of aromatic nitrogens is 1. The van der Waals surface area contributed by atoms with Crippen LogP contribution in [0.15, 0.2) is 42.6 Å². The lowest BCUT2D eigenvalue weighted by atomic mass is 10.0. The van der Waals surface area contributed by atoms with Gasteiger partial charge < -0.3 is 10.1 Å². The number of hydrogen-bond donors (Lipinski definition) is 1. The molecule has 1 aromatic heterocycles. The summed E-state index contributed by atoms with van der Waals surface area (Å²) < 4.78 is 5.19. The normalized spacial score (nSPS) is 10.1. The zero-order valence-electron chi connectivity index (χ0n) is 12.6. The van der Waals surface area contributed by atoms with Crippen molar-refractivity contribution in [2.75, 3.05) is 12.4 Å². The Balaban J connectivity index is 1.95. The average Bonchev–Trinajstić information content (AvgIpc) is 2.53. The number of aryl methyl sites for hydroxylation is 1. The number of Topliss-reactive ketones (excluding diaryl/α,β-unsaturated/α-hetero) is 1. The van der Waals surface area contributed by atoms with Crippen molar-refractivity contribution in [3.8, 4) is 5.75 Å². The van der Waals surface area contributed by atoms with Crippen LogP contribution < -0.4 is 10.1 Å². The second-order valence-corrected chi connectivity index (χ2v) is 4.89. The number of amides is 1. The molecule has 0 unspecified atom stereocenters. The standard InChI is InChI=1S/C17H18N2O3/c1-12-6-8-15(22-2)13(11-12)14(20)7-9-17(21)19-16-5-3-4-10-18-16/h3-6,8,10-11H,7,9H2,1-2H3,(H,18,19,21). The van der Waals surface area contributed by atoms with Crippen LogP contribution in [0.1, 0.15) is 28.8 Å². The van der Waals surface area contributed by atoms with Gasteiger partial charge in [-0.1, -0.05) is 17.7 Å². The molecule has 2 rings (SSSR count). The number of rotatable bonds is 6. The number of methoxy groups -OCH3 is 1. The highest BCUT2D eigenvalue weighted by molar-refractivity contribution is 6.01. The van der Waals surface area contributed by atoms with Crippen LogP contribution in [0.25, 0.3) is 0 Å². The zero-order valence-corrected chi connectivity index (χ0v) is 12.6. The van der Waals surface area contributed by atoms with Crippen molar-refractivity contribution < 1.29 is 14.3 Å². The highest BCUT2D eigenvalue weighted by Gasteiger charge is 2.14. The Hall–Kier alpha value is -2.69. The summed E-state index contributed by atoms with van der Waals surface area (Å²) in [6.45, 7) is 1.91. The molecule has 1 N–H and O–H groups in total. The molecule has 0 saturated carbocycles. The summed E-state index contributed by atoms with van der Waals surface area (Å²) >= 11 is 0. The molecule has 114 valence electrons. The lowest BCUT2D eigenvalue weighted by Crippen LogP contribution is -2.14. The summed E-state index contributed by atoms with van der Waals surface area (Å²) in [5.74, 6) is 0.657. The molecule has 0 aliphatic heterocycles. The summed E-state index contributed by atoms with van der Waals surface area (Å²) in [6.07, 6.45) is 1.82. The van der Waals surface area contributed by atoms with E-state index in [-0.39, 0.29) is 24.5 Å². The minimum atomic E-state index is -0.237. The minimum absolute atomic E-state index is 0.104. The number of anilines is 1. The molecule has 0 fully saturated rings. The molecule has 5 nitrogen and oxygen atoms in total. The number of ketones is 1. The monoisotopic (exact) mass is 298 g/mol. The summed E-state index contributed by atoms with van der Waals surface area (Å²) in [6, 6.07) is 10.7. The largest absolute Gasteiger partial charge is 0.496 e. The Morgan fingerprint density at radius 2 is 2.00 bits per heavy atom. The second kappa shape index (κ2) is 7.36. The van der Waals surface area contributed by atoms with Crippen molar-refractivity contribution in [3.05, 3.63) is 53.7 Å². The fraction of sp³-hybridized carbons (Fsp3) is 0.235. The Morgan fingerprint density at radius 1 is 1.18 bits per heavy atom. The van der Waals surface area contributed by atoms with Gasteiger partial charge in [-0.05, 0) is 31.2 Å². The predicted octanol–water partition coefficient (Wildman–Crippen LogP) is 3.00. The van der Waals surface area contributed by atoms with E-state index < -0.39 is 0 Å². The van der Waals surface area contributed by atoms with Gasteiger partial charge in [0.1, 0.15) is 11.6 Å². The van der Waals surface area contributed by atoms with Gasteiger partial charge in [0.05, 0.1) is 12.7 Å². The van der Waals surface area contributed by atoms with E-state index in [9.17, 15) is 9.59 Å². The number of carbonyl (C=O) groups is 2. The van der Waals surface area contributed by atoms with Crippen LogP contribution in [0, 0.1) is 6.92 Å². The first-order valence-electron chi connectivity index (χ1n) is 6.99. The fourth-order valence-corrected chi connectivity index (χ4v) is 2.04. The molecule has 0 aliphatic carbocycles. The summed E-state index contributed by atoms with van der Waals surface area (Å²) in [4.78, 5) is 28.1. The zero-order chi connectivity index (χ0) is 15.9. The Bertz CT molecular complexity index is 669. The van der Waals surface area contributed by atoms with Gasteiger partial charge in [-0.25, -0.2) is 4.98 Å². The molecule has 0 radical (unpaired) electrons. The second-order valence-electron chi connectivity index (χ2n) is 4.89. The summed E-state index contributed by atoms with van der Waals surface area (Å²) in [5.41, 5.74) is 1.48. The van der Waals surface area contributed by atoms with Crippen molar-refractivity contribution in [2.24, 2.45) is 0 Å². The van der Waals surface area contributed by atoms with Crippen molar-refractivity contribution in [1.29, 1.82) is 0 Å². The van der Waals surface area contributed by atoms with Crippen LogP contribution in [0.2, 0.25) is 0 Å². The number of ether oxygens (including phenoxy) is 1. The third-order valence-corrected chi connectivity index (χ3v) is 3.17. The number of benzene rings is 1. The van der Waals surface area contributed by atoms with Gasteiger partial charge in [0.2, 0.25) is 5.91 Å². The van der Waals surface area contributed by atoms with E-state index in [1.807, 2.05) is 13.0 Å². The Kier molecular flexibility index (Phi) is 5.25. The van der Waals surface area contributed by atoms with E-state index in [1.54, 1.807) is 36.5 Å². The molecule has 0 atom stereocenters. The number of hydrogen-bond acceptors (Lipinski definition) is 4. The Labute approximate surface area is 129 Å². The first-order chi connectivity index (χ1) is 10.6. The molecule has 0 aliphatic rings. The molecular formula is C17H18N2O3. The molecule has 1 amide bonds. The van der Waals surface area contributed by atoms with Crippen LogP contribution >= 0.6 is 0 Å². The maximum Gasteiger partial charge on any atom is 0.225 e. The molecule has 0 spiro atoms. The molecule has 1 heterocycles. The first-order valence-corrected chi connectivity index (χ1v) is 6.99. The topological polar surface area (TPSA) is 68.3 Å². The van der Waals surface area contributed by atoms with Crippen molar-refractivity contribution >= 4 is 17.5 Å². The van der Waals surface area contributed by atoms with Gasteiger partial charge in [-0.15, -0.1) is 0 Å². The molecular weight excluding hydrogens is 280 g/mol. The van der Waals surface area contributed by atoms with E-state index in [0.29, 0.717) is 17.1 Å². The molecule has 1 aromatic carbocycles. The quantitative estimate of drug-likeness (QED) is 0.832. The molecule has 22 heavy (non-hydrogen) atoms. The highest BCUT2D eigenvalue weighted by atomic mass is 16.5. The van der Waals surface area contributed by atoms with Crippen LogP contribution in [0.3, 0.4) is 0 Å². The van der Waals surface area contributed by atoms with E-state index >= 15 is 0 Å². The van der Waals surface area contributed by atoms with E-state index in [1.165, 1.54) is 7.11 Å². The van der Waals surface area contributed by atoms with E-state index in [2.05, 4.69) is 10.3 Å². The highest BCUT2D eigenvalue weighted by Crippen LogP contribution is 2.21. The number of nitrogens with zero attached hydrogens (tertiary/aromatic N) is 1. The smallest absolute Gasteiger partial charge is 0.225 e. The first kappa shape index (κ1) is 15.7. The fourth-order valence-electron chi connectivity index (χ4n) is 2.04. The summed E-state index contributed by atoms with van der Waals surface area (Å²) in [5, 5.41) is 2.66. The SMILES string of the molecule is COc1ccc(C)cc1C(=O)CCC(=O)Nc1ccccn1. The average molecular weight is 298 g/mol. The van der Waals surface area contributed by atoms with Gasteiger partial charge >= 0.3 is 0 Å². The van der Waals surface area contributed by atoms with Gasteiger partial charge in [-0.2, -0.15) is 0 Å². The third-order valence-electron chi connectivity index (χ3n) is 3.17. The molecule has 0 saturated heterocycles. The van der Waals surface area contributed by atoms with Gasteiger partial charge in [0.15, 0.2) is 5.78 Å². The van der Waals surface area contributed by atoms with Gasteiger partial charge in [0, 0.05) is 19.0 Å². The summed E-state index contributed by atoms with van der Waals surface area (Å²) in [7, 11) is 1.52. The van der Waals surface area contributed by atoms with Gasteiger partial charge in [-0.3, -0.25) is 9.59 Å². The van der Waals surface area contributed by atoms with Crippen LogP contribution in [-0.2, 0) is 4.79 Å². The lowest BCUT2D eigenvalue weighted by Gasteiger charge is -2.08. The van der Waals surface area contributed by atoms with Crippen LogP contribution in [0.4, 0.5) is 5.82 Å². The molecule has 2 aromatic rings. The number of pyridine rings is 1. The lowest BCUT2D eigenvalue weighted by molar-refractivity contribution is -0.116. The van der Waals surface area contributed by atoms with Crippen molar-refractivity contribution in [1.82, 2.24) is 4.98 Å². The maximum atomic E-state index is 12.3. The van der Waals surface area contributed by atoms with Crippen LogP contribution in [0.5, 0.6) is 5.75 Å².